The molecule has 1 saturated carbocycles. The number of imidazole rings is 1. The summed E-state index contributed by atoms with van der Waals surface area (Å²) in [7, 11) is 0. The highest BCUT2D eigenvalue weighted by atomic mass is 16.6. The molecule has 39 heavy (non-hydrogen) atoms. The van der Waals surface area contributed by atoms with Crippen LogP contribution in [0, 0.1) is 0 Å². The number of nitrogens with one attached hydrogen (secondary N) is 1. The maximum absolute atomic E-state index is 13.4. The number of nitrogens with two attached hydrogens (primary N) is 1. The largest absolute Gasteiger partial charge is 0.444 e. The van der Waals surface area contributed by atoms with Crippen molar-refractivity contribution in [3.05, 3.63) is 72.4 Å². The zero-order valence-corrected chi connectivity index (χ0v) is 22.2. The van der Waals surface area contributed by atoms with E-state index >= 15 is 0 Å². The Balaban J connectivity index is 1.36. The van der Waals surface area contributed by atoms with Gasteiger partial charge in [0.1, 0.15) is 34.3 Å². The van der Waals surface area contributed by atoms with Crippen molar-refractivity contribution in [3.8, 4) is 11.3 Å². The molecule has 1 aliphatic heterocycles. The van der Waals surface area contributed by atoms with Crippen molar-refractivity contribution in [1.29, 1.82) is 0 Å². The average Bonchev–Trinajstić information content (AvgIpc) is 3.41. The van der Waals surface area contributed by atoms with Crippen LogP contribution < -0.4 is 11.1 Å². The Labute approximate surface area is 226 Å². The third-order valence-corrected chi connectivity index (χ3v) is 7.36. The number of fused-ring (bicyclic) bond motifs is 1. The predicted octanol–water partition coefficient (Wildman–Crippen LogP) is 5.23. The maximum atomic E-state index is 13.4. The van der Waals surface area contributed by atoms with E-state index in [1.54, 1.807) is 36.7 Å². The molecular formula is C29H31N7O3. The molecule has 1 aromatic carbocycles. The molecule has 4 aromatic rings. The van der Waals surface area contributed by atoms with E-state index in [9.17, 15) is 9.59 Å². The van der Waals surface area contributed by atoms with Crippen LogP contribution in [0.15, 0.2) is 61.1 Å². The third-order valence-electron chi connectivity index (χ3n) is 7.36. The summed E-state index contributed by atoms with van der Waals surface area (Å²) < 4.78 is 7.76. The Morgan fingerprint density at radius 1 is 1.05 bits per heavy atom. The smallest absolute Gasteiger partial charge is 0.411 e. The summed E-state index contributed by atoms with van der Waals surface area (Å²) in [6.07, 6.45) is 8.40. The minimum Gasteiger partial charge on any atom is -0.444 e. The SMILES string of the molecule is CC(C)(C)OC(=O)N1[C@H](c2nc(-c3ccc(C(=O)Nc4ccccn4)cc3)c3c(N)nccn23)CCC12CC2. The maximum Gasteiger partial charge on any atom is 0.411 e. The van der Waals surface area contributed by atoms with Gasteiger partial charge in [-0.15, -0.1) is 0 Å². The molecule has 2 aliphatic rings. The quantitative estimate of drug-likeness (QED) is 0.373. The summed E-state index contributed by atoms with van der Waals surface area (Å²) in [4.78, 5) is 41.5. The fourth-order valence-corrected chi connectivity index (χ4v) is 5.43. The average molecular weight is 526 g/mol. The van der Waals surface area contributed by atoms with Crippen molar-refractivity contribution in [3.63, 3.8) is 0 Å². The van der Waals surface area contributed by atoms with E-state index in [2.05, 4.69) is 15.3 Å². The lowest BCUT2D eigenvalue weighted by Gasteiger charge is -2.32. The number of rotatable bonds is 4. The third kappa shape index (κ3) is 4.56. The Kier molecular flexibility index (Phi) is 5.78. The van der Waals surface area contributed by atoms with Crippen LogP contribution in [0.4, 0.5) is 16.4 Å². The van der Waals surface area contributed by atoms with Crippen LogP contribution in [0.2, 0.25) is 0 Å². The van der Waals surface area contributed by atoms with Crippen molar-refractivity contribution >= 4 is 29.2 Å². The molecule has 4 heterocycles. The first-order valence-electron chi connectivity index (χ1n) is 13.1. The molecule has 0 radical (unpaired) electrons. The first-order valence-corrected chi connectivity index (χ1v) is 13.1. The number of amides is 2. The van der Waals surface area contributed by atoms with Crippen LogP contribution in [0.25, 0.3) is 16.8 Å². The van der Waals surface area contributed by atoms with Crippen LogP contribution in [0.5, 0.6) is 0 Å². The number of nitrogens with zero attached hydrogens (tertiary/aromatic N) is 5. The number of aromatic nitrogens is 4. The summed E-state index contributed by atoms with van der Waals surface area (Å²) in [6, 6.07) is 12.2. The van der Waals surface area contributed by atoms with Gasteiger partial charge in [-0.05, 0) is 70.7 Å². The first kappa shape index (κ1) is 24.8. The lowest BCUT2D eigenvalue weighted by atomic mass is 10.1. The van der Waals surface area contributed by atoms with Gasteiger partial charge in [-0.1, -0.05) is 18.2 Å². The van der Waals surface area contributed by atoms with E-state index in [4.69, 9.17) is 15.5 Å². The minimum absolute atomic E-state index is 0.166. The van der Waals surface area contributed by atoms with E-state index in [1.165, 1.54) is 0 Å². The number of hydrogen-bond donors (Lipinski definition) is 2. The van der Waals surface area contributed by atoms with E-state index in [1.807, 2.05) is 54.5 Å². The van der Waals surface area contributed by atoms with Crippen LogP contribution in [0.3, 0.4) is 0 Å². The monoisotopic (exact) mass is 525 g/mol. The van der Waals surface area contributed by atoms with Gasteiger partial charge in [-0.2, -0.15) is 0 Å². The Bertz CT molecular complexity index is 1550. The highest BCUT2D eigenvalue weighted by molar-refractivity contribution is 6.04. The predicted molar refractivity (Wildman–Crippen MR) is 147 cm³/mol. The van der Waals surface area contributed by atoms with Gasteiger partial charge in [0, 0.05) is 35.3 Å². The van der Waals surface area contributed by atoms with E-state index in [-0.39, 0.29) is 23.6 Å². The molecule has 3 aromatic heterocycles. The molecule has 1 atom stereocenters. The van der Waals surface area contributed by atoms with Gasteiger partial charge in [-0.3, -0.25) is 14.1 Å². The topological polar surface area (TPSA) is 128 Å². The number of carbonyl (C=O) groups excluding carboxylic acids is 2. The van der Waals surface area contributed by atoms with Crippen LogP contribution in [-0.4, -0.2) is 47.4 Å². The highest BCUT2D eigenvalue weighted by Crippen LogP contribution is 2.56. The van der Waals surface area contributed by atoms with Crippen molar-refractivity contribution in [2.24, 2.45) is 0 Å². The molecule has 6 rings (SSSR count). The zero-order valence-electron chi connectivity index (χ0n) is 22.2. The van der Waals surface area contributed by atoms with E-state index in [0.717, 1.165) is 37.1 Å². The molecule has 200 valence electrons. The summed E-state index contributed by atoms with van der Waals surface area (Å²) in [6.45, 7) is 5.64. The number of carbonyl (C=O) groups is 2. The zero-order chi connectivity index (χ0) is 27.4. The molecule has 3 N–H and O–H groups in total. The van der Waals surface area contributed by atoms with Gasteiger partial charge >= 0.3 is 6.09 Å². The number of pyridine rings is 1. The lowest BCUT2D eigenvalue weighted by Crippen LogP contribution is -2.42. The molecule has 1 saturated heterocycles. The van der Waals surface area contributed by atoms with Crippen molar-refractivity contribution in [2.75, 3.05) is 11.1 Å². The molecule has 1 aliphatic carbocycles. The van der Waals surface area contributed by atoms with Gasteiger partial charge in [-0.25, -0.2) is 19.7 Å². The molecule has 2 amide bonds. The summed E-state index contributed by atoms with van der Waals surface area (Å²) in [5, 5.41) is 2.79. The minimum atomic E-state index is -0.598. The normalized spacial score (nSPS) is 17.9. The number of likely N-dealkylation sites (tertiary alicyclic amines) is 1. The first-order chi connectivity index (χ1) is 18.7. The second-order valence-electron chi connectivity index (χ2n) is 11.2. The number of nitrogen functional groups attached to an aromatic ring is 1. The molecule has 10 nitrogen and oxygen atoms in total. The number of ether oxygens (including phenoxy) is 1. The van der Waals surface area contributed by atoms with Crippen LogP contribution in [0.1, 0.15) is 68.7 Å². The summed E-state index contributed by atoms with van der Waals surface area (Å²) in [5.41, 5.74) is 8.19. The molecule has 2 fully saturated rings. The van der Waals surface area contributed by atoms with Crippen LogP contribution in [-0.2, 0) is 4.74 Å². The van der Waals surface area contributed by atoms with Crippen molar-refractivity contribution < 1.29 is 14.3 Å². The van der Waals surface area contributed by atoms with Gasteiger partial charge in [0.15, 0.2) is 0 Å². The highest BCUT2D eigenvalue weighted by Gasteiger charge is 2.58. The molecule has 0 unspecified atom stereocenters. The standard InChI is InChI=1S/C29H31N7O3/c1-28(2,3)39-27(38)36-20(11-12-29(36)13-14-29)25-34-22(23-24(30)32-16-17-35(23)25)18-7-9-19(10-8-18)26(37)33-21-6-4-5-15-31-21/h4-10,15-17,20H,11-14H2,1-3H3,(H2,30,32)(H,31,33,37)/t20-/m0/s1. The van der Waals surface area contributed by atoms with Gasteiger partial charge in [0.25, 0.3) is 5.91 Å². The summed E-state index contributed by atoms with van der Waals surface area (Å²) >= 11 is 0. The Hall–Kier alpha value is -4.47. The molecular weight excluding hydrogens is 494 g/mol. The van der Waals surface area contributed by atoms with E-state index < -0.39 is 5.60 Å². The Morgan fingerprint density at radius 2 is 1.82 bits per heavy atom. The molecule has 1 spiro atoms. The second kappa shape index (κ2) is 9.07. The van der Waals surface area contributed by atoms with Crippen molar-refractivity contribution in [2.45, 2.75) is 63.6 Å². The lowest BCUT2D eigenvalue weighted by molar-refractivity contribution is 0.0108. The van der Waals surface area contributed by atoms with Crippen molar-refractivity contribution in [1.82, 2.24) is 24.3 Å². The van der Waals surface area contributed by atoms with Gasteiger partial charge in [0.05, 0.1) is 6.04 Å². The van der Waals surface area contributed by atoms with Gasteiger partial charge in [0.2, 0.25) is 0 Å². The van der Waals surface area contributed by atoms with Crippen LogP contribution >= 0.6 is 0 Å². The number of benzene rings is 1. The Morgan fingerprint density at radius 3 is 2.49 bits per heavy atom. The van der Waals surface area contributed by atoms with Gasteiger partial charge < -0.3 is 15.8 Å². The number of anilines is 2. The van der Waals surface area contributed by atoms with E-state index in [0.29, 0.717) is 28.4 Å². The number of hydrogen-bond acceptors (Lipinski definition) is 7. The second-order valence-corrected chi connectivity index (χ2v) is 11.2. The molecule has 10 heteroatoms. The molecule has 0 bridgehead atoms. The fourth-order valence-electron chi connectivity index (χ4n) is 5.43. The fraction of sp³-hybridized carbons (Fsp3) is 0.345. The summed E-state index contributed by atoms with van der Waals surface area (Å²) in [5.74, 6) is 1.28.